The third kappa shape index (κ3) is 5.78. The predicted octanol–water partition coefficient (Wildman–Crippen LogP) is 4.58. The molecule has 1 N–H and O–H groups in total. The molecule has 7 nitrogen and oxygen atoms in total. The Labute approximate surface area is 200 Å². The first-order valence-corrected chi connectivity index (χ1v) is 11.6. The van der Waals surface area contributed by atoms with E-state index >= 15 is 0 Å². The largest absolute Gasteiger partial charge is 0.507 e. The first kappa shape index (κ1) is 25.3. The zero-order chi connectivity index (χ0) is 24.7. The quantitative estimate of drug-likeness (QED) is 0.296. The molecular formula is C27H33NO6. The molecule has 0 aromatic heterocycles. The maximum Gasteiger partial charge on any atom is 0.295 e. The molecule has 1 aliphatic heterocycles. The van der Waals surface area contributed by atoms with Crippen molar-refractivity contribution in [2.24, 2.45) is 5.92 Å². The van der Waals surface area contributed by atoms with E-state index in [9.17, 15) is 14.7 Å². The summed E-state index contributed by atoms with van der Waals surface area (Å²) in [6.07, 6.45) is 0.889. The Kier molecular flexibility index (Phi) is 8.71. The molecule has 1 heterocycles. The topological polar surface area (TPSA) is 85.3 Å². The van der Waals surface area contributed by atoms with Crippen LogP contribution < -0.4 is 9.47 Å². The molecule has 1 unspecified atom stereocenters. The maximum atomic E-state index is 13.0. The summed E-state index contributed by atoms with van der Waals surface area (Å²) >= 11 is 0. The van der Waals surface area contributed by atoms with E-state index in [4.69, 9.17) is 14.2 Å². The van der Waals surface area contributed by atoms with Crippen molar-refractivity contribution >= 4 is 17.4 Å². The first-order valence-electron chi connectivity index (χ1n) is 11.6. The van der Waals surface area contributed by atoms with Gasteiger partial charge in [0.05, 0.1) is 31.4 Å². The molecule has 2 aromatic carbocycles. The SMILES string of the molecule is CCCOc1ccc(C2/C(=C(/O)c3ccc(OCC(C)C)cc3)C(=O)C(=O)N2CCOC)cc1. The molecule has 3 rings (SSSR count). The number of nitrogens with zero attached hydrogens (tertiary/aromatic N) is 1. The molecule has 2 aromatic rings. The summed E-state index contributed by atoms with van der Waals surface area (Å²) in [5.74, 6) is 0.165. The van der Waals surface area contributed by atoms with Gasteiger partial charge in [0.25, 0.3) is 11.7 Å². The van der Waals surface area contributed by atoms with Gasteiger partial charge in [-0.05, 0) is 54.3 Å². The maximum absolute atomic E-state index is 13.0. The molecule has 1 amide bonds. The van der Waals surface area contributed by atoms with Crippen LogP contribution in [-0.2, 0) is 14.3 Å². The van der Waals surface area contributed by atoms with Gasteiger partial charge in [-0.25, -0.2) is 0 Å². The van der Waals surface area contributed by atoms with Gasteiger partial charge in [0.2, 0.25) is 0 Å². The van der Waals surface area contributed by atoms with Crippen molar-refractivity contribution in [2.75, 3.05) is 33.5 Å². The first-order chi connectivity index (χ1) is 16.4. The van der Waals surface area contributed by atoms with Crippen molar-refractivity contribution in [3.05, 3.63) is 65.2 Å². The van der Waals surface area contributed by atoms with Crippen LogP contribution >= 0.6 is 0 Å². The van der Waals surface area contributed by atoms with E-state index in [0.29, 0.717) is 41.8 Å². The molecule has 7 heteroatoms. The number of Topliss-reactive ketones (excluding diaryl/α,β-unsaturated/α-hetero) is 1. The van der Waals surface area contributed by atoms with E-state index in [1.165, 1.54) is 12.0 Å². The number of hydrogen-bond acceptors (Lipinski definition) is 6. The minimum Gasteiger partial charge on any atom is -0.507 e. The highest BCUT2D eigenvalue weighted by atomic mass is 16.5. The fraction of sp³-hybridized carbons (Fsp3) is 0.407. The van der Waals surface area contributed by atoms with Crippen LogP contribution in [0.4, 0.5) is 0 Å². The van der Waals surface area contributed by atoms with Crippen molar-refractivity contribution in [2.45, 2.75) is 33.2 Å². The number of likely N-dealkylation sites (tertiary alicyclic amines) is 1. The average molecular weight is 468 g/mol. The number of ether oxygens (including phenoxy) is 3. The van der Waals surface area contributed by atoms with Gasteiger partial charge in [-0.3, -0.25) is 9.59 Å². The zero-order valence-corrected chi connectivity index (χ0v) is 20.2. The number of ketones is 1. The molecule has 0 bridgehead atoms. The fourth-order valence-corrected chi connectivity index (χ4v) is 3.74. The average Bonchev–Trinajstić information content (AvgIpc) is 3.10. The number of methoxy groups -OCH3 is 1. The highest BCUT2D eigenvalue weighted by Crippen LogP contribution is 2.39. The summed E-state index contributed by atoms with van der Waals surface area (Å²) in [5.41, 5.74) is 1.20. The van der Waals surface area contributed by atoms with E-state index in [2.05, 4.69) is 13.8 Å². The summed E-state index contributed by atoms with van der Waals surface area (Å²) < 4.78 is 16.5. The van der Waals surface area contributed by atoms with Gasteiger partial charge in [-0.2, -0.15) is 0 Å². The van der Waals surface area contributed by atoms with Crippen LogP contribution in [0.5, 0.6) is 11.5 Å². The Balaban J connectivity index is 1.98. The van der Waals surface area contributed by atoms with Crippen LogP contribution in [0.15, 0.2) is 54.1 Å². The van der Waals surface area contributed by atoms with Crippen LogP contribution in [0.1, 0.15) is 44.4 Å². The monoisotopic (exact) mass is 467 g/mol. The van der Waals surface area contributed by atoms with E-state index in [1.807, 2.05) is 31.2 Å². The summed E-state index contributed by atoms with van der Waals surface area (Å²) in [4.78, 5) is 27.4. The van der Waals surface area contributed by atoms with Crippen LogP contribution in [-0.4, -0.2) is 55.2 Å². The van der Waals surface area contributed by atoms with Crippen LogP contribution in [0.25, 0.3) is 5.76 Å². The second-order valence-corrected chi connectivity index (χ2v) is 8.63. The highest BCUT2D eigenvalue weighted by Gasteiger charge is 2.45. The number of aliphatic hydroxyl groups is 1. The lowest BCUT2D eigenvalue weighted by Gasteiger charge is -2.25. The molecule has 1 aliphatic rings. The van der Waals surface area contributed by atoms with Crippen molar-refractivity contribution < 1.29 is 28.9 Å². The standard InChI is InChI=1S/C27H33NO6/c1-5-15-33-21-10-6-19(7-11-21)24-23(26(30)27(31)28(24)14-16-32-4)25(29)20-8-12-22(13-9-20)34-17-18(2)3/h6-13,18,24,29H,5,14-17H2,1-4H3/b25-23-. The highest BCUT2D eigenvalue weighted by molar-refractivity contribution is 6.46. The number of carbonyl (C=O) groups excluding carboxylic acids is 2. The van der Waals surface area contributed by atoms with Crippen LogP contribution in [0, 0.1) is 5.92 Å². The summed E-state index contributed by atoms with van der Waals surface area (Å²) in [5, 5.41) is 11.1. The summed E-state index contributed by atoms with van der Waals surface area (Å²) in [6, 6.07) is 13.4. The molecule has 0 spiro atoms. The molecule has 0 aliphatic carbocycles. The number of carbonyl (C=O) groups is 2. The van der Waals surface area contributed by atoms with Gasteiger partial charge < -0.3 is 24.2 Å². The Bertz CT molecular complexity index is 1010. The second-order valence-electron chi connectivity index (χ2n) is 8.63. The third-order valence-electron chi connectivity index (χ3n) is 5.46. The Morgan fingerprint density at radius 3 is 2.18 bits per heavy atom. The van der Waals surface area contributed by atoms with Gasteiger partial charge in [0.1, 0.15) is 17.3 Å². The zero-order valence-electron chi connectivity index (χ0n) is 20.2. The Hall–Kier alpha value is -3.32. The summed E-state index contributed by atoms with van der Waals surface area (Å²) in [6.45, 7) is 7.81. The lowest BCUT2D eigenvalue weighted by atomic mass is 9.95. The van der Waals surface area contributed by atoms with Gasteiger partial charge >= 0.3 is 0 Å². The lowest BCUT2D eigenvalue weighted by molar-refractivity contribution is -0.140. The van der Waals surface area contributed by atoms with Crippen molar-refractivity contribution in [3.63, 3.8) is 0 Å². The molecule has 1 saturated heterocycles. The van der Waals surface area contributed by atoms with Crippen molar-refractivity contribution in [3.8, 4) is 11.5 Å². The van der Waals surface area contributed by atoms with Gasteiger partial charge in [0.15, 0.2) is 0 Å². The summed E-state index contributed by atoms with van der Waals surface area (Å²) in [7, 11) is 1.54. The number of amides is 1. The van der Waals surface area contributed by atoms with E-state index < -0.39 is 17.7 Å². The van der Waals surface area contributed by atoms with E-state index in [1.54, 1.807) is 24.3 Å². The molecule has 1 fully saturated rings. The Morgan fingerprint density at radius 1 is 0.971 bits per heavy atom. The number of aliphatic hydroxyl groups excluding tert-OH is 1. The molecule has 0 saturated carbocycles. The minimum atomic E-state index is -0.729. The number of benzene rings is 2. The Morgan fingerprint density at radius 2 is 1.59 bits per heavy atom. The predicted molar refractivity (Wildman–Crippen MR) is 130 cm³/mol. The number of rotatable bonds is 11. The van der Waals surface area contributed by atoms with E-state index in [-0.39, 0.29) is 24.5 Å². The van der Waals surface area contributed by atoms with Crippen LogP contribution in [0.3, 0.4) is 0 Å². The molecule has 0 radical (unpaired) electrons. The van der Waals surface area contributed by atoms with Gasteiger partial charge in [-0.1, -0.05) is 32.9 Å². The van der Waals surface area contributed by atoms with Crippen molar-refractivity contribution in [1.29, 1.82) is 0 Å². The fourth-order valence-electron chi connectivity index (χ4n) is 3.74. The molecule has 182 valence electrons. The molecular weight excluding hydrogens is 434 g/mol. The smallest absolute Gasteiger partial charge is 0.295 e. The lowest BCUT2D eigenvalue weighted by Crippen LogP contribution is -2.32. The minimum absolute atomic E-state index is 0.0548. The second kappa shape index (κ2) is 11.7. The van der Waals surface area contributed by atoms with Crippen molar-refractivity contribution in [1.82, 2.24) is 4.90 Å². The normalized spacial score (nSPS) is 17.4. The van der Waals surface area contributed by atoms with Gasteiger partial charge in [0, 0.05) is 19.2 Å². The van der Waals surface area contributed by atoms with Crippen LogP contribution in [0.2, 0.25) is 0 Å². The van der Waals surface area contributed by atoms with E-state index in [0.717, 1.165) is 6.42 Å². The molecule has 1 atom stereocenters. The number of hydrogen-bond donors (Lipinski definition) is 1. The van der Waals surface area contributed by atoms with Gasteiger partial charge in [-0.15, -0.1) is 0 Å². The molecule has 34 heavy (non-hydrogen) atoms. The third-order valence-corrected chi connectivity index (χ3v) is 5.46.